The van der Waals surface area contributed by atoms with Gasteiger partial charge in [0.05, 0.1) is 5.69 Å². The summed E-state index contributed by atoms with van der Waals surface area (Å²) >= 11 is 0. The van der Waals surface area contributed by atoms with Crippen LogP contribution in [-0.4, -0.2) is 35.7 Å². The molecule has 1 unspecified atom stereocenters. The molecule has 0 saturated carbocycles. The number of hydrogen-bond acceptors (Lipinski definition) is 3. The zero-order valence-electron chi connectivity index (χ0n) is 12.7. The molecule has 0 amide bonds. The van der Waals surface area contributed by atoms with Crippen LogP contribution >= 0.6 is 0 Å². The van der Waals surface area contributed by atoms with E-state index in [1.807, 2.05) is 7.05 Å². The van der Waals surface area contributed by atoms with E-state index >= 15 is 0 Å². The van der Waals surface area contributed by atoms with E-state index in [4.69, 9.17) is 4.98 Å². The molecule has 0 radical (unpaired) electrons. The molecule has 1 atom stereocenters. The van der Waals surface area contributed by atoms with Crippen LogP contribution in [0.1, 0.15) is 45.2 Å². The lowest BCUT2D eigenvalue weighted by atomic mass is 10.2. The number of nitrogens with zero attached hydrogens (tertiary/aromatic N) is 3. The topological polar surface area (TPSA) is 33.1 Å². The molecule has 2 rings (SSSR count). The molecular formula is C15H28N4. The molecule has 0 spiro atoms. The van der Waals surface area contributed by atoms with Gasteiger partial charge in [0, 0.05) is 31.9 Å². The summed E-state index contributed by atoms with van der Waals surface area (Å²) < 4.78 is 2.37. The standard InChI is InChI=1S/C15H28N4/c1-4-6-9-18-12-13(5-2)17-15(18)19-10-7-8-14(19)11-16-3/h12,14,16H,4-11H2,1-3H3. The molecule has 4 heteroatoms. The predicted octanol–water partition coefficient (Wildman–Crippen LogP) is 2.43. The Kier molecular flexibility index (Phi) is 5.25. The third-order valence-electron chi connectivity index (χ3n) is 3.99. The highest BCUT2D eigenvalue weighted by molar-refractivity contribution is 5.37. The Morgan fingerprint density at radius 2 is 2.26 bits per heavy atom. The average Bonchev–Trinajstić information content (AvgIpc) is 3.02. The molecule has 1 saturated heterocycles. The molecular weight excluding hydrogens is 236 g/mol. The molecule has 0 aliphatic carbocycles. The van der Waals surface area contributed by atoms with Crippen LogP contribution in [0.25, 0.3) is 0 Å². The van der Waals surface area contributed by atoms with Gasteiger partial charge in [-0.25, -0.2) is 4.98 Å². The predicted molar refractivity (Wildman–Crippen MR) is 80.8 cm³/mol. The van der Waals surface area contributed by atoms with Crippen molar-refractivity contribution >= 4 is 5.95 Å². The monoisotopic (exact) mass is 264 g/mol. The van der Waals surface area contributed by atoms with Crippen LogP contribution in [-0.2, 0) is 13.0 Å². The molecule has 1 N–H and O–H groups in total. The van der Waals surface area contributed by atoms with E-state index in [0.29, 0.717) is 6.04 Å². The molecule has 1 fully saturated rings. The molecule has 108 valence electrons. The van der Waals surface area contributed by atoms with E-state index in [1.165, 1.54) is 37.3 Å². The number of imidazole rings is 1. The molecule has 0 aromatic carbocycles. The summed E-state index contributed by atoms with van der Waals surface area (Å²) in [5, 5.41) is 3.31. The number of nitrogens with one attached hydrogen (secondary N) is 1. The molecule has 1 aliphatic heterocycles. The van der Waals surface area contributed by atoms with Gasteiger partial charge in [0.1, 0.15) is 0 Å². The zero-order valence-corrected chi connectivity index (χ0v) is 12.7. The Morgan fingerprint density at radius 3 is 2.95 bits per heavy atom. The molecule has 1 aromatic rings. The first kappa shape index (κ1) is 14.4. The first-order valence-electron chi connectivity index (χ1n) is 7.77. The van der Waals surface area contributed by atoms with Gasteiger partial charge in [-0.1, -0.05) is 20.3 Å². The summed E-state index contributed by atoms with van der Waals surface area (Å²) in [6, 6.07) is 0.609. The maximum Gasteiger partial charge on any atom is 0.206 e. The molecule has 0 bridgehead atoms. The molecule has 1 aromatic heterocycles. The summed E-state index contributed by atoms with van der Waals surface area (Å²) in [7, 11) is 2.04. The van der Waals surface area contributed by atoms with Crippen molar-refractivity contribution in [2.24, 2.45) is 0 Å². The van der Waals surface area contributed by atoms with Crippen molar-refractivity contribution < 1.29 is 0 Å². The molecule has 1 aliphatic rings. The lowest BCUT2D eigenvalue weighted by molar-refractivity contribution is 0.576. The highest BCUT2D eigenvalue weighted by Gasteiger charge is 2.27. The van der Waals surface area contributed by atoms with Gasteiger partial charge in [0.2, 0.25) is 5.95 Å². The number of likely N-dealkylation sites (N-methyl/N-ethyl adjacent to an activating group) is 1. The second-order valence-electron chi connectivity index (χ2n) is 5.48. The van der Waals surface area contributed by atoms with E-state index in [2.05, 4.69) is 34.8 Å². The number of unbranched alkanes of at least 4 members (excludes halogenated alkanes) is 1. The Morgan fingerprint density at radius 1 is 1.42 bits per heavy atom. The van der Waals surface area contributed by atoms with E-state index < -0.39 is 0 Å². The van der Waals surface area contributed by atoms with Gasteiger partial charge in [-0.05, 0) is 32.7 Å². The molecule has 2 heterocycles. The van der Waals surface area contributed by atoms with Crippen LogP contribution in [0.2, 0.25) is 0 Å². The number of aryl methyl sites for hydroxylation is 2. The van der Waals surface area contributed by atoms with Gasteiger partial charge >= 0.3 is 0 Å². The Balaban J connectivity index is 2.18. The van der Waals surface area contributed by atoms with E-state index in [9.17, 15) is 0 Å². The van der Waals surface area contributed by atoms with Crippen LogP contribution < -0.4 is 10.2 Å². The van der Waals surface area contributed by atoms with Gasteiger partial charge in [-0.2, -0.15) is 0 Å². The first-order chi connectivity index (χ1) is 9.30. The minimum Gasteiger partial charge on any atom is -0.338 e. The Labute approximate surface area is 117 Å². The third-order valence-corrected chi connectivity index (χ3v) is 3.99. The van der Waals surface area contributed by atoms with E-state index in [-0.39, 0.29) is 0 Å². The maximum absolute atomic E-state index is 4.86. The van der Waals surface area contributed by atoms with Crippen molar-refractivity contribution in [3.8, 4) is 0 Å². The fourth-order valence-electron chi connectivity index (χ4n) is 2.90. The van der Waals surface area contributed by atoms with Crippen molar-refractivity contribution in [1.29, 1.82) is 0 Å². The van der Waals surface area contributed by atoms with Crippen molar-refractivity contribution in [2.45, 2.75) is 58.5 Å². The van der Waals surface area contributed by atoms with Crippen molar-refractivity contribution in [3.05, 3.63) is 11.9 Å². The van der Waals surface area contributed by atoms with Gasteiger partial charge < -0.3 is 14.8 Å². The first-order valence-corrected chi connectivity index (χ1v) is 7.77. The highest BCUT2D eigenvalue weighted by Crippen LogP contribution is 2.25. The Bertz CT molecular complexity index is 385. The largest absolute Gasteiger partial charge is 0.338 e. The fraction of sp³-hybridized carbons (Fsp3) is 0.800. The van der Waals surface area contributed by atoms with Crippen molar-refractivity contribution in [3.63, 3.8) is 0 Å². The number of aromatic nitrogens is 2. The summed E-state index contributed by atoms with van der Waals surface area (Å²) in [5.74, 6) is 1.20. The number of anilines is 1. The fourth-order valence-corrected chi connectivity index (χ4v) is 2.90. The lowest BCUT2D eigenvalue weighted by Crippen LogP contribution is -2.38. The number of rotatable bonds is 7. The highest BCUT2D eigenvalue weighted by atomic mass is 15.3. The van der Waals surface area contributed by atoms with Crippen LogP contribution in [0, 0.1) is 0 Å². The second-order valence-corrected chi connectivity index (χ2v) is 5.48. The smallest absolute Gasteiger partial charge is 0.206 e. The Hall–Kier alpha value is -1.03. The van der Waals surface area contributed by atoms with Gasteiger partial charge in [-0.3, -0.25) is 0 Å². The molecule has 19 heavy (non-hydrogen) atoms. The SMILES string of the molecule is CCCCn1cc(CC)nc1N1CCCC1CNC. The van der Waals surface area contributed by atoms with Gasteiger partial charge in [0.25, 0.3) is 0 Å². The lowest BCUT2D eigenvalue weighted by Gasteiger charge is -2.26. The summed E-state index contributed by atoms with van der Waals surface area (Å²) in [6.07, 6.45) is 8.31. The quantitative estimate of drug-likeness (QED) is 0.821. The van der Waals surface area contributed by atoms with Crippen LogP contribution in [0.3, 0.4) is 0 Å². The van der Waals surface area contributed by atoms with E-state index in [0.717, 1.165) is 26.1 Å². The summed E-state index contributed by atoms with van der Waals surface area (Å²) in [4.78, 5) is 7.36. The van der Waals surface area contributed by atoms with Crippen LogP contribution in [0.5, 0.6) is 0 Å². The van der Waals surface area contributed by atoms with Crippen molar-refractivity contribution in [1.82, 2.24) is 14.9 Å². The minimum atomic E-state index is 0.609. The summed E-state index contributed by atoms with van der Waals surface area (Å²) in [5.41, 5.74) is 1.22. The zero-order chi connectivity index (χ0) is 13.7. The van der Waals surface area contributed by atoms with Crippen molar-refractivity contribution in [2.75, 3.05) is 25.0 Å². The maximum atomic E-state index is 4.86. The average molecular weight is 264 g/mol. The van der Waals surface area contributed by atoms with Gasteiger partial charge in [0.15, 0.2) is 0 Å². The van der Waals surface area contributed by atoms with Gasteiger partial charge in [-0.15, -0.1) is 0 Å². The molecule has 4 nitrogen and oxygen atoms in total. The number of hydrogen-bond donors (Lipinski definition) is 1. The minimum absolute atomic E-state index is 0.609. The second kappa shape index (κ2) is 6.94. The third kappa shape index (κ3) is 3.30. The normalized spacial score (nSPS) is 19.3. The van der Waals surface area contributed by atoms with Crippen LogP contribution in [0.15, 0.2) is 6.20 Å². The van der Waals surface area contributed by atoms with Crippen LogP contribution in [0.4, 0.5) is 5.95 Å². The van der Waals surface area contributed by atoms with E-state index in [1.54, 1.807) is 0 Å². The summed E-state index contributed by atoms with van der Waals surface area (Å²) in [6.45, 7) is 7.74.